The number of thiophene rings is 1. The van der Waals surface area contributed by atoms with Crippen LogP contribution in [0.25, 0.3) is 10.2 Å². The molecule has 0 aliphatic rings. The smallest absolute Gasteiger partial charge is 0.231 e. The molecule has 3 heterocycles. The normalized spacial score (nSPS) is 10.8. The Morgan fingerprint density at radius 1 is 0.840 bits per heavy atom. The van der Waals surface area contributed by atoms with Gasteiger partial charge in [-0.2, -0.15) is 0 Å². The SMILES string of the molecule is Cc1sc2ncnc(Oc3ccc(Oc4ccccn4)cc3)c2c1C. The van der Waals surface area contributed by atoms with Crippen molar-refractivity contribution in [2.24, 2.45) is 0 Å². The first-order valence-corrected chi connectivity index (χ1v) is 8.60. The van der Waals surface area contributed by atoms with E-state index in [1.807, 2.05) is 42.5 Å². The van der Waals surface area contributed by atoms with Crippen molar-refractivity contribution in [3.05, 3.63) is 65.4 Å². The molecule has 0 saturated carbocycles. The summed E-state index contributed by atoms with van der Waals surface area (Å²) in [6.07, 6.45) is 3.23. The first kappa shape index (κ1) is 15.5. The van der Waals surface area contributed by atoms with Crippen LogP contribution < -0.4 is 9.47 Å². The maximum Gasteiger partial charge on any atom is 0.231 e. The van der Waals surface area contributed by atoms with Crippen LogP contribution in [0.1, 0.15) is 10.4 Å². The van der Waals surface area contributed by atoms with Gasteiger partial charge < -0.3 is 9.47 Å². The number of hydrogen-bond acceptors (Lipinski definition) is 6. The molecule has 0 amide bonds. The highest BCUT2D eigenvalue weighted by atomic mass is 32.1. The van der Waals surface area contributed by atoms with E-state index in [1.54, 1.807) is 17.5 Å². The lowest BCUT2D eigenvalue weighted by Gasteiger charge is -2.08. The van der Waals surface area contributed by atoms with Crippen molar-refractivity contribution >= 4 is 21.6 Å². The van der Waals surface area contributed by atoms with Crippen molar-refractivity contribution in [2.45, 2.75) is 13.8 Å². The number of rotatable bonds is 4. The molecule has 0 unspecified atom stereocenters. The standard InChI is InChI=1S/C19H15N3O2S/c1-12-13(2)25-19-17(12)18(21-11-22-19)24-15-8-6-14(7-9-15)23-16-5-3-4-10-20-16/h3-11H,1-2H3. The Hall–Kier alpha value is -2.99. The van der Waals surface area contributed by atoms with E-state index in [4.69, 9.17) is 9.47 Å². The topological polar surface area (TPSA) is 57.1 Å². The number of benzene rings is 1. The van der Waals surface area contributed by atoms with Crippen LogP contribution in [0.3, 0.4) is 0 Å². The van der Waals surface area contributed by atoms with Gasteiger partial charge >= 0.3 is 0 Å². The van der Waals surface area contributed by atoms with E-state index < -0.39 is 0 Å². The molecule has 0 radical (unpaired) electrons. The summed E-state index contributed by atoms with van der Waals surface area (Å²) in [7, 11) is 0. The Labute approximate surface area is 148 Å². The summed E-state index contributed by atoms with van der Waals surface area (Å²) in [4.78, 5) is 14.9. The van der Waals surface area contributed by atoms with E-state index in [2.05, 4.69) is 28.8 Å². The van der Waals surface area contributed by atoms with Gasteiger partial charge in [0.15, 0.2) is 0 Å². The maximum absolute atomic E-state index is 5.98. The Morgan fingerprint density at radius 2 is 1.60 bits per heavy atom. The van der Waals surface area contributed by atoms with E-state index in [-0.39, 0.29) is 0 Å². The van der Waals surface area contributed by atoms with Crippen LogP contribution in [0.4, 0.5) is 0 Å². The predicted molar refractivity (Wildman–Crippen MR) is 97.7 cm³/mol. The molecule has 1 aromatic carbocycles. The Kier molecular flexibility index (Phi) is 4.03. The highest BCUT2D eigenvalue weighted by molar-refractivity contribution is 7.18. The zero-order valence-corrected chi connectivity index (χ0v) is 14.6. The second kappa shape index (κ2) is 6.49. The maximum atomic E-state index is 5.98. The molecule has 0 aliphatic carbocycles. The molecular weight excluding hydrogens is 334 g/mol. The van der Waals surface area contributed by atoms with Gasteiger partial charge in [-0.3, -0.25) is 0 Å². The Morgan fingerprint density at radius 3 is 2.32 bits per heavy atom. The lowest BCUT2D eigenvalue weighted by molar-refractivity contribution is 0.452. The van der Waals surface area contributed by atoms with Gasteiger partial charge in [-0.15, -0.1) is 11.3 Å². The number of hydrogen-bond donors (Lipinski definition) is 0. The van der Waals surface area contributed by atoms with E-state index in [0.717, 1.165) is 15.8 Å². The molecule has 4 aromatic rings. The predicted octanol–water partition coefficient (Wildman–Crippen LogP) is 5.29. The third-order valence-electron chi connectivity index (χ3n) is 3.83. The Bertz CT molecular complexity index is 1010. The number of aromatic nitrogens is 3. The van der Waals surface area contributed by atoms with Gasteiger partial charge in [-0.05, 0) is 49.7 Å². The molecule has 5 nitrogen and oxygen atoms in total. The minimum absolute atomic E-state index is 0.554. The number of fused-ring (bicyclic) bond motifs is 1. The van der Waals surface area contributed by atoms with Crippen LogP contribution in [0.15, 0.2) is 55.0 Å². The molecule has 25 heavy (non-hydrogen) atoms. The van der Waals surface area contributed by atoms with Crippen molar-refractivity contribution in [1.82, 2.24) is 15.0 Å². The van der Waals surface area contributed by atoms with Crippen LogP contribution in [0.2, 0.25) is 0 Å². The molecule has 0 N–H and O–H groups in total. The van der Waals surface area contributed by atoms with Gasteiger partial charge in [-0.1, -0.05) is 6.07 Å². The quantitative estimate of drug-likeness (QED) is 0.501. The summed E-state index contributed by atoms with van der Waals surface area (Å²) in [6.45, 7) is 4.14. The van der Waals surface area contributed by atoms with Gasteiger partial charge in [0.05, 0.1) is 5.39 Å². The summed E-state index contributed by atoms with van der Waals surface area (Å²) >= 11 is 1.65. The fraction of sp³-hybridized carbons (Fsp3) is 0.105. The molecule has 0 saturated heterocycles. The molecule has 124 valence electrons. The van der Waals surface area contributed by atoms with Gasteiger partial charge in [0.1, 0.15) is 22.7 Å². The highest BCUT2D eigenvalue weighted by Crippen LogP contribution is 2.36. The number of pyridine rings is 1. The van der Waals surface area contributed by atoms with Gasteiger partial charge in [-0.25, -0.2) is 15.0 Å². The first-order chi connectivity index (χ1) is 12.2. The number of aryl methyl sites for hydroxylation is 2. The minimum atomic E-state index is 0.554. The number of nitrogens with zero attached hydrogens (tertiary/aromatic N) is 3. The molecular formula is C19H15N3O2S. The van der Waals surface area contributed by atoms with Gasteiger partial charge in [0, 0.05) is 17.1 Å². The van der Waals surface area contributed by atoms with Crippen LogP contribution in [0.5, 0.6) is 23.3 Å². The van der Waals surface area contributed by atoms with Crippen molar-refractivity contribution in [1.29, 1.82) is 0 Å². The third-order valence-corrected chi connectivity index (χ3v) is 4.94. The van der Waals surface area contributed by atoms with E-state index in [9.17, 15) is 0 Å². The summed E-state index contributed by atoms with van der Waals surface area (Å²) < 4.78 is 11.7. The third kappa shape index (κ3) is 3.16. The molecule has 0 atom stereocenters. The van der Waals surface area contributed by atoms with E-state index in [0.29, 0.717) is 23.3 Å². The van der Waals surface area contributed by atoms with Crippen LogP contribution in [-0.4, -0.2) is 15.0 Å². The second-order valence-corrected chi connectivity index (χ2v) is 6.69. The van der Waals surface area contributed by atoms with Crippen molar-refractivity contribution in [2.75, 3.05) is 0 Å². The monoisotopic (exact) mass is 349 g/mol. The molecule has 3 aromatic heterocycles. The fourth-order valence-corrected chi connectivity index (χ4v) is 3.43. The van der Waals surface area contributed by atoms with Gasteiger partial charge in [0.25, 0.3) is 0 Å². The first-order valence-electron chi connectivity index (χ1n) is 7.78. The Balaban J connectivity index is 1.58. The highest BCUT2D eigenvalue weighted by Gasteiger charge is 2.13. The molecule has 0 aliphatic heterocycles. The molecule has 4 rings (SSSR count). The van der Waals surface area contributed by atoms with E-state index in [1.165, 1.54) is 11.2 Å². The zero-order chi connectivity index (χ0) is 17.2. The van der Waals surface area contributed by atoms with Crippen molar-refractivity contribution in [3.63, 3.8) is 0 Å². The molecule has 0 fully saturated rings. The molecule has 0 spiro atoms. The summed E-state index contributed by atoms with van der Waals surface area (Å²) in [6, 6.07) is 12.9. The van der Waals surface area contributed by atoms with Crippen molar-refractivity contribution < 1.29 is 9.47 Å². The molecule has 6 heteroatoms. The second-order valence-electron chi connectivity index (χ2n) is 5.49. The van der Waals surface area contributed by atoms with Crippen LogP contribution in [-0.2, 0) is 0 Å². The zero-order valence-electron chi connectivity index (χ0n) is 13.8. The molecule has 0 bridgehead atoms. The summed E-state index contributed by atoms with van der Waals surface area (Å²) in [5, 5.41) is 0.971. The van der Waals surface area contributed by atoms with Crippen LogP contribution >= 0.6 is 11.3 Å². The van der Waals surface area contributed by atoms with Crippen LogP contribution in [0, 0.1) is 13.8 Å². The largest absolute Gasteiger partial charge is 0.439 e. The van der Waals surface area contributed by atoms with Gasteiger partial charge in [0.2, 0.25) is 11.8 Å². The summed E-state index contributed by atoms with van der Waals surface area (Å²) in [5.41, 5.74) is 1.16. The minimum Gasteiger partial charge on any atom is -0.439 e. The number of ether oxygens (including phenoxy) is 2. The average molecular weight is 349 g/mol. The summed E-state index contributed by atoms with van der Waals surface area (Å²) in [5.74, 6) is 2.52. The average Bonchev–Trinajstić information content (AvgIpc) is 2.93. The lowest BCUT2D eigenvalue weighted by Crippen LogP contribution is -1.91. The fourth-order valence-electron chi connectivity index (χ4n) is 2.44. The van der Waals surface area contributed by atoms with Crippen molar-refractivity contribution in [3.8, 4) is 23.3 Å². The van der Waals surface area contributed by atoms with E-state index >= 15 is 0 Å². The lowest BCUT2D eigenvalue weighted by atomic mass is 10.2.